The average molecular weight is 588 g/mol. The first-order chi connectivity index (χ1) is 17.8. The predicted octanol–water partition coefficient (Wildman–Crippen LogP) is 3.45. The summed E-state index contributed by atoms with van der Waals surface area (Å²) in [5.41, 5.74) is 3.86. The Morgan fingerprint density at radius 2 is 1.61 bits per heavy atom. The third-order valence-electron chi connectivity index (χ3n) is 6.49. The zero-order valence-electron chi connectivity index (χ0n) is 23.6. The van der Waals surface area contributed by atoms with Gasteiger partial charge in [0.25, 0.3) is 5.91 Å². The van der Waals surface area contributed by atoms with Crippen molar-refractivity contribution in [3.8, 4) is 22.6 Å². The van der Waals surface area contributed by atoms with Gasteiger partial charge in [-0.25, -0.2) is 0 Å². The number of phenolic OH excluding ortho intramolecular Hbond substituents is 1. The van der Waals surface area contributed by atoms with Crippen LogP contribution in [0, 0.1) is 0 Å². The van der Waals surface area contributed by atoms with Gasteiger partial charge in [-0.1, -0.05) is 50.5 Å². The molecule has 0 saturated carbocycles. The van der Waals surface area contributed by atoms with E-state index in [9.17, 15) is 9.90 Å². The maximum atomic E-state index is 12.3. The van der Waals surface area contributed by atoms with Gasteiger partial charge in [0.1, 0.15) is 11.5 Å². The van der Waals surface area contributed by atoms with Crippen molar-refractivity contribution in [1.29, 1.82) is 0 Å². The van der Waals surface area contributed by atoms with Crippen LogP contribution in [0.1, 0.15) is 56.6 Å². The fraction of sp³-hybridized carbons (Fsp3) is 0.469. The Morgan fingerprint density at radius 3 is 2.26 bits per heavy atom. The lowest BCUT2D eigenvalue weighted by Crippen LogP contribution is -3.00. The summed E-state index contributed by atoms with van der Waals surface area (Å²) in [6, 6.07) is 11.8. The molecule has 0 bridgehead atoms. The lowest BCUT2D eigenvalue weighted by atomic mass is 9.97. The molecule has 1 amide bonds. The minimum absolute atomic E-state index is 0. The molecule has 0 radical (unpaired) electrons. The van der Waals surface area contributed by atoms with Gasteiger partial charge in [-0.05, 0) is 67.5 Å². The van der Waals surface area contributed by atoms with Crippen molar-refractivity contribution in [2.24, 2.45) is 0 Å². The van der Waals surface area contributed by atoms with Crippen LogP contribution >= 0.6 is 0 Å². The molecule has 0 aliphatic heterocycles. The molecule has 2 N–H and O–H groups in total. The van der Waals surface area contributed by atoms with E-state index in [0.717, 1.165) is 73.2 Å². The smallest absolute Gasteiger partial charge is 0.275 e. The van der Waals surface area contributed by atoms with Crippen molar-refractivity contribution >= 4 is 5.91 Å². The highest BCUT2D eigenvalue weighted by molar-refractivity contribution is 5.77. The molecular weight excluding hydrogens is 540 g/mol. The van der Waals surface area contributed by atoms with Crippen LogP contribution in [0.3, 0.4) is 0 Å². The molecule has 2 aromatic carbocycles. The number of unbranched alkanes of at least 4 members (excludes halogenated alkanes) is 4. The fourth-order valence-electron chi connectivity index (χ4n) is 4.43. The van der Waals surface area contributed by atoms with Crippen LogP contribution in [0.25, 0.3) is 11.1 Å². The number of carbonyl (C=O) groups excluding carboxylic acids is 1. The fourth-order valence-corrected chi connectivity index (χ4v) is 4.43. The highest BCUT2D eigenvalue weighted by atomic mass is 79.9. The molecule has 0 fully saturated rings. The molecule has 0 heterocycles. The number of aromatic hydroxyl groups is 1. The molecule has 0 aliphatic rings. The number of quaternary nitrogens is 1. The number of benzene rings is 2. The first-order valence-electron chi connectivity index (χ1n) is 13.7. The van der Waals surface area contributed by atoms with Crippen molar-refractivity contribution < 1.29 is 36.1 Å². The van der Waals surface area contributed by atoms with Crippen molar-refractivity contribution in [2.45, 2.75) is 58.3 Å². The molecule has 0 saturated heterocycles. The zero-order valence-corrected chi connectivity index (χ0v) is 25.2. The van der Waals surface area contributed by atoms with Gasteiger partial charge < -0.3 is 36.6 Å². The number of phenols is 1. The number of likely N-dealkylation sites (N-methyl/N-ethyl adjacent to an activating group) is 1. The highest BCUT2D eigenvalue weighted by Crippen LogP contribution is 2.37. The molecule has 5 nitrogen and oxygen atoms in total. The van der Waals surface area contributed by atoms with Gasteiger partial charge in [0.2, 0.25) is 0 Å². The Hall–Kier alpha value is -2.57. The number of hydrogen-bond acceptors (Lipinski definition) is 3. The van der Waals surface area contributed by atoms with Crippen molar-refractivity contribution in [3.05, 3.63) is 72.8 Å². The summed E-state index contributed by atoms with van der Waals surface area (Å²) in [6.45, 7) is 12.6. The second kappa shape index (κ2) is 17.8. The Bertz CT molecular complexity index is 1020. The van der Waals surface area contributed by atoms with E-state index in [2.05, 4.69) is 45.6 Å². The minimum atomic E-state index is 0. The van der Waals surface area contributed by atoms with E-state index in [4.69, 9.17) is 4.74 Å². The van der Waals surface area contributed by atoms with Crippen LogP contribution in [0.5, 0.6) is 11.5 Å². The second-order valence-corrected chi connectivity index (χ2v) is 10.5. The Kier molecular flexibility index (Phi) is 15.7. The largest absolute Gasteiger partial charge is 1.00 e. The predicted molar refractivity (Wildman–Crippen MR) is 155 cm³/mol. The molecular formula is C32H47BrN2O3. The molecule has 6 heteroatoms. The Balaban J connectivity index is 0.00000722. The molecule has 2 aromatic rings. The third kappa shape index (κ3) is 11.9. The number of carbonyl (C=O) groups is 1. The number of ether oxygens (including phenoxy) is 1. The second-order valence-electron chi connectivity index (χ2n) is 10.5. The van der Waals surface area contributed by atoms with Crippen LogP contribution < -0.4 is 27.0 Å². The summed E-state index contributed by atoms with van der Waals surface area (Å²) in [5, 5.41) is 13.7. The minimum Gasteiger partial charge on any atom is -1.00 e. The lowest BCUT2D eigenvalue weighted by Gasteiger charge is -2.29. The van der Waals surface area contributed by atoms with E-state index in [1.165, 1.54) is 19.3 Å². The zero-order chi connectivity index (χ0) is 27.1. The summed E-state index contributed by atoms with van der Waals surface area (Å²) < 4.78 is 6.88. The van der Waals surface area contributed by atoms with Gasteiger partial charge in [-0.2, -0.15) is 0 Å². The summed E-state index contributed by atoms with van der Waals surface area (Å²) in [4.78, 5) is 12.3. The van der Waals surface area contributed by atoms with E-state index < -0.39 is 0 Å². The number of nitrogens with one attached hydrogen (secondary N) is 1. The van der Waals surface area contributed by atoms with Gasteiger partial charge in [-0.15, -0.1) is 13.2 Å². The van der Waals surface area contributed by atoms with Crippen molar-refractivity contribution in [3.63, 3.8) is 0 Å². The first-order valence-corrected chi connectivity index (χ1v) is 13.7. The number of halogens is 1. The van der Waals surface area contributed by atoms with Crippen LogP contribution in [0.4, 0.5) is 0 Å². The molecule has 0 unspecified atom stereocenters. The SMILES string of the molecule is C=CCc1ccc(O)c(-c2cc(CC=C)ccc2OCCCC[N+](C)(C)CC(=O)NCCCCCC)c1.[Br-]. The lowest BCUT2D eigenvalue weighted by molar-refractivity contribution is -0.882. The third-order valence-corrected chi connectivity index (χ3v) is 6.49. The number of nitrogens with zero attached hydrogens (tertiary/aromatic N) is 1. The van der Waals surface area contributed by atoms with Gasteiger partial charge in [-0.3, -0.25) is 4.79 Å². The van der Waals surface area contributed by atoms with Gasteiger partial charge >= 0.3 is 0 Å². The Labute approximate surface area is 241 Å². The van der Waals surface area contributed by atoms with Gasteiger partial charge in [0.05, 0.1) is 27.2 Å². The van der Waals surface area contributed by atoms with Crippen molar-refractivity contribution in [1.82, 2.24) is 5.32 Å². The van der Waals surface area contributed by atoms with Crippen LogP contribution in [0.2, 0.25) is 0 Å². The number of allylic oxidation sites excluding steroid dienone is 2. The number of amides is 1. The summed E-state index contributed by atoms with van der Waals surface area (Å²) in [7, 11) is 4.21. The van der Waals surface area contributed by atoms with Gasteiger partial charge in [0.15, 0.2) is 6.54 Å². The van der Waals surface area contributed by atoms with Crippen LogP contribution in [-0.2, 0) is 17.6 Å². The number of hydrogen-bond donors (Lipinski definition) is 2. The van der Waals surface area contributed by atoms with E-state index in [-0.39, 0.29) is 28.6 Å². The molecule has 0 aromatic heterocycles. The van der Waals surface area contributed by atoms with E-state index in [1.54, 1.807) is 6.07 Å². The Morgan fingerprint density at radius 1 is 0.947 bits per heavy atom. The average Bonchev–Trinajstić information content (AvgIpc) is 2.85. The standard InChI is InChI=1S/C32H46N2O3.BrH/c1-6-9-10-11-20-33-32(36)25-34(4,5)21-12-13-22-37-31-19-17-27(15-8-3)24-29(31)28-23-26(14-7-2)16-18-30(28)35;/h7-8,16-19,23-24H,2-3,6,9-15,20-22,25H2,1,4-5H3,(H-,33,35,36);1H. The topological polar surface area (TPSA) is 58.6 Å². The highest BCUT2D eigenvalue weighted by Gasteiger charge is 2.19. The maximum Gasteiger partial charge on any atom is 0.275 e. The first kappa shape index (κ1) is 33.5. The maximum absolute atomic E-state index is 12.3. The normalized spacial score (nSPS) is 10.9. The molecule has 0 spiro atoms. The molecule has 2 rings (SSSR count). The molecule has 38 heavy (non-hydrogen) atoms. The summed E-state index contributed by atoms with van der Waals surface area (Å²) in [6.07, 6.45) is 11.7. The summed E-state index contributed by atoms with van der Waals surface area (Å²) in [5.74, 6) is 1.12. The molecule has 0 atom stereocenters. The number of rotatable bonds is 18. The molecule has 210 valence electrons. The van der Waals surface area contributed by atoms with Gasteiger partial charge in [0, 0.05) is 17.7 Å². The quantitative estimate of drug-likeness (QED) is 0.160. The van der Waals surface area contributed by atoms with E-state index in [1.807, 2.05) is 36.4 Å². The van der Waals surface area contributed by atoms with E-state index >= 15 is 0 Å². The molecule has 0 aliphatic carbocycles. The van der Waals surface area contributed by atoms with E-state index in [0.29, 0.717) is 17.6 Å². The van der Waals surface area contributed by atoms with Crippen LogP contribution in [0.15, 0.2) is 61.7 Å². The summed E-state index contributed by atoms with van der Waals surface area (Å²) >= 11 is 0. The van der Waals surface area contributed by atoms with Crippen molar-refractivity contribution in [2.75, 3.05) is 40.3 Å². The monoisotopic (exact) mass is 586 g/mol. The van der Waals surface area contributed by atoms with Crippen LogP contribution in [-0.4, -0.2) is 55.8 Å².